The molecule has 1 amide bonds. The van der Waals surface area contributed by atoms with Crippen molar-refractivity contribution < 1.29 is 18.4 Å². The van der Waals surface area contributed by atoms with Gasteiger partial charge < -0.3 is 10.7 Å². The van der Waals surface area contributed by atoms with Crippen molar-refractivity contribution in [3.8, 4) is 11.1 Å². The van der Waals surface area contributed by atoms with Gasteiger partial charge in [-0.15, -0.1) is 0 Å². The van der Waals surface area contributed by atoms with E-state index in [0.29, 0.717) is 23.1 Å². The van der Waals surface area contributed by atoms with E-state index in [0.717, 1.165) is 23.3 Å². The van der Waals surface area contributed by atoms with Crippen LogP contribution in [0.4, 0.5) is 8.78 Å². The van der Waals surface area contributed by atoms with E-state index in [9.17, 15) is 18.4 Å². The molecule has 0 atom stereocenters. The Labute approximate surface area is 191 Å². The average Bonchev–Trinajstić information content (AvgIpc) is 3.46. The first-order chi connectivity index (χ1) is 16.4. The van der Waals surface area contributed by atoms with Gasteiger partial charge in [0.1, 0.15) is 17.3 Å². The van der Waals surface area contributed by atoms with Gasteiger partial charge in [-0.05, 0) is 23.8 Å². The van der Waals surface area contributed by atoms with E-state index >= 15 is 0 Å². The number of rotatable bonds is 6. The molecule has 0 radical (unpaired) electrons. The summed E-state index contributed by atoms with van der Waals surface area (Å²) in [4.78, 5) is 31.7. The van der Waals surface area contributed by atoms with Crippen LogP contribution >= 0.6 is 0 Å². The molecule has 0 unspecified atom stereocenters. The first-order valence-electron chi connectivity index (χ1n) is 10.3. The van der Waals surface area contributed by atoms with Crippen LogP contribution in [-0.2, 0) is 6.54 Å². The molecule has 3 aromatic heterocycles. The van der Waals surface area contributed by atoms with E-state index in [1.54, 1.807) is 23.1 Å². The number of carbonyl (C=O) groups is 2. The minimum atomic E-state index is -1.29. The van der Waals surface area contributed by atoms with Crippen molar-refractivity contribution in [3.63, 3.8) is 0 Å². The third kappa shape index (κ3) is 3.73. The van der Waals surface area contributed by atoms with E-state index in [-0.39, 0.29) is 5.56 Å². The summed E-state index contributed by atoms with van der Waals surface area (Å²) in [5.74, 6) is -4.41. The van der Waals surface area contributed by atoms with Crippen LogP contribution in [0.25, 0.3) is 22.2 Å². The number of nitrogens with zero attached hydrogens (tertiary/aromatic N) is 3. The predicted molar refractivity (Wildman–Crippen MR) is 121 cm³/mol. The minimum absolute atomic E-state index is 0.0143. The van der Waals surface area contributed by atoms with Crippen LogP contribution in [0.1, 0.15) is 31.8 Å². The Kier molecular flexibility index (Phi) is 5.21. The molecule has 0 bridgehead atoms. The maximum Gasteiger partial charge on any atom is 0.251 e. The van der Waals surface area contributed by atoms with Crippen molar-refractivity contribution in [1.29, 1.82) is 0 Å². The van der Waals surface area contributed by atoms with Gasteiger partial charge in [0.25, 0.3) is 5.91 Å². The molecule has 9 heteroatoms. The first kappa shape index (κ1) is 21.2. The fourth-order valence-electron chi connectivity index (χ4n) is 3.80. The van der Waals surface area contributed by atoms with Gasteiger partial charge in [0.05, 0.1) is 23.9 Å². The van der Waals surface area contributed by atoms with Gasteiger partial charge in [0.15, 0.2) is 0 Å². The summed E-state index contributed by atoms with van der Waals surface area (Å²) < 4.78 is 30.9. The van der Waals surface area contributed by atoms with E-state index in [4.69, 9.17) is 5.73 Å². The van der Waals surface area contributed by atoms with Crippen LogP contribution in [0, 0.1) is 11.6 Å². The lowest BCUT2D eigenvalue weighted by atomic mass is 9.98. The van der Waals surface area contributed by atoms with Gasteiger partial charge in [-0.3, -0.25) is 14.3 Å². The van der Waals surface area contributed by atoms with Crippen molar-refractivity contribution >= 4 is 22.7 Å². The average molecular weight is 457 g/mol. The molecule has 3 N–H and O–H groups in total. The lowest BCUT2D eigenvalue weighted by Gasteiger charge is -2.07. The summed E-state index contributed by atoms with van der Waals surface area (Å²) in [6.45, 7) is 0.583. The van der Waals surface area contributed by atoms with E-state index in [2.05, 4.69) is 15.1 Å². The summed E-state index contributed by atoms with van der Waals surface area (Å²) in [7, 11) is 0. The first-order valence-corrected chi connectivity index (χ1v) is 10.3. The van der Waals surface area contributed by atoms with Crippen molar-refractivity contribution in [3.05, 3.63) is 107 Å². The summed E-state index contributed by atoms with van der Waals surface area (Å²) in [6, 6.07) is 13.3. The number of pyridine rings is 1. The number of nitrogens with one attached hydrogen (secondary N) is 1. The number of primary amides is 1. The lowest BCUT2D eigenvalue weighted by Crippen LogP contribution is -2.17. The lowest BCUT2D eigenvalue weighted by molar-refractivity contribution is 0.0996. The fraction of sp³-hybridized carbons (Fsp3) is 0.0400. The number of H-pyrrole nitrogens is 1. The Bertz CT molecular complexity index is 1560. The third-order valence-corrected chi connectivity index (χ3v) is 5.51. The molecule has 0 fully saturated rings. The Morgan fingerprint density at radius 2 is 1.79 bits per heavy atom. The molecule has 5 aromatic rings. The monoisotopic (exact) mass is 457 g/mol. The molecule has 2 aromatic carbocycles. The minimum Gasteiger partial charge on any atom is -0.366 e. The predicted octanol–water partition coefficient (Wildman–Crippen LogP) is 4.08. The van der Waals surface area contributed by atoms with Gasteiger partial charge >= 0.3 is 0 Å². The SMILES string of the molecule is NC(=O)c1ccc(F)c(C(=O)c2c[nH]c3ncc(-c4cnn(Cc5ccccc5)c4)cc23)c1F. The van der Waals surface area contributed by atoms with E-state index < -0.39 is 34.5 Å². The molecule has 34 heavy (non-hydrogen) atoms. The highest BCUT2D eigenvalue weighted by Gasteiger charge is 2.26. The molecule has 7 nitrogen and oxygen atoms in total. The highest BCUT2D eigenvalue weighted by molar-refractivity contribution is 6.17. The van der Waals surface area contributed by atoms with Crippen LogP contribution in [0.5, 0.6) is 0 Å². The molecule has 3 heterocycles. The Balaban J connectivity index is 1.52. The number of halogens is 2. The van der Waals surface area contributed by atoms with Gasteiger partial charge in [-0.2, -0.15) is 5.10 Å². The zero-order valence-electron chi connectivity index (χ0n) is 17.6. The zero-order chi connectivity index (χ0) is 23.8. The second kappa shape index (κ2) is 8.36. The molecule has 0 spiro atoms. The number of aromatic amines is 1. The molecule has 0 saturated heterocycles. The summed E-state index contributed by atoms with van der Waals surface area (Å²) in [6.07, 6.45) is 6.47. The number of carbonyl (C=O) groups excluding carboxylic acids is 2. The van der Waals surface area contributed by atoms with Crippen molar-refractivity contribution in [2.24, 2.45) is 5.73 Å². The highest BCUT2D eigenvalue weighted by Crippen LogP contribution is 2.28. The Morgan fingerprint density at radius 3 is 2.56 bits per heavy atom. The van der Waals surface area contributed by atoms with Crippen LogP contribution in [0.15, 0.2) is 73.3 Å². The zero-order valence-corrected chi connectivity index (χ0v) is 17.6. The van der Waals surface area contributed by atoms with Gasteiger partial charge in [0.2, 0.25) is 5.78 Å². The van der Waals surface area contributed by atoms with Gasteiger partial charge in [0, 0.05) is 40.7 Å². The van der Waals surface area contributed by atoms with Crippen LogP contribution in [0.3, 0.4) is 0 Å². The molecule has 0 aliphatic rings. The molecule has 168 valence electrons. The quantitative estimate of drug-likeness (QED) is 0.375. The van der Waals surface area contributed by atoms with E-state index in [1.165, 1.54) is 6.20 Å². The number of amides is 1. The number of hydrogen-bond donors (Lipinski definition) is 2. The van der Waals surface area contributed by atoms with Crippen molar-refractivity contribution in [2.45, 2.75) is 6.54 Å². The van der Waals surface area contributed by atoms with E-state index in [1.807, 2.05) is 36.5 Å². The third-order valence-electron chi connectivity index (χ3n) is 5.51. The maximum atomic E-state index is 14.8. The standard InChI is InChI=1S/C25H17F2N5O2/c26-20-7-6-17(24(28)34)22(27)21(20)23(33)19-11-30-25-18(19)8-15(9-29-25)16-10-31-32(13-16)12-14-4-2-1-3-5-14/h1-11,13H,12H2,(H2,28,34)(H,29,30). The van der Waals surface area contributed by atoms with Crippen molar-refractivity contribution in [2.75, 3.05) is 0 Å². The molecular weight excluding hydrogens is 440 g/mol. The number of benzene rings is 2. The number of aromatic nitrogens is 4. The largest absolute Gasteiger partial charge is 0.366 e. The van der Waals surface area contributed by atoms with Crippen molar-refractivity contribution in [1.82, 2.24) is 19.7 Å². The van der Waals surface area contributed by atoms with Crippen LogP contribution in [0.2, 0.25) is 0 Å². The molecule has 0 aliphatic heterocycles. The molecule has 0 saturated carbocycles. The molecular formula is C25H17F2N5O2. The number of ketones is 1. The highest BCUT2D eigenvalue weighted by atomic mass is 19.1. The number of hydrogen-bond acceptors (Lipinski definition) is 4. The second-order valence-electron chi connectivity index (χ2n) is 7.71. The second-order valence-corrected chi connectivity index (χ2v) is 7.71. The van der Waals surface area contributed by atoms with Crippen LogP contribution < -0.4 is 5.73 Å². The summed E-state index contributed by atoms with van der Waals surface area (Å²) >= 11 is 0. The topological polar surface area (TPSA) is 107 Å². The normalized spacial score (nSPS) is 11.1. The maximum absolute atomic E-state index is 14.8. The molecule has 0 aliphatic carbocycles. The Hall–Kier alpha value is -4.66. The molecule has 5 rings (SSSR count). The van der Waals surface area contributed by atoms with Crippen LogP contribution in [-0.4, -0.2) is 31.4 Å². The number of fused-ring (bicyclic) bond motifs is 1. The van der Waals surface area contributed by atoms with Gasteiger partial charge in [-0.1, -0.05) is 30.3 Å². The number of nitrogens with two attached hydrogens (primary N) is 1. The fourth-order valence-corrected chi connectivity index (χ4v) is 3.80. The van der Waals surface area contributed by atoms with Gasteiger partial charge in [-0.25, -0.2) is 13.8 Å². The summed E-state index contributed by atoms with van der Waals surface area (Å²) in [5, 5.41) is 4.76. The summed E-state index contributed by atoms with van der Waals surface area (Å²) in [5.41, 5.74) is 6.64. The smallest absolute Gasteiger partial charge is 0.251 e. The Morgan fingerprint density at radius 1 is 1.00 bits per heavy atom.